The van der Waals surface area contributed by atoms with Gasteiger partial charge in [0.05, 0.1) is 0 Å². The van der Waals surface area contributed by atoms with E-state index in [9.17, 15) is 9.59 Å². The van der Waals surface area contributed by atoms with Gasteiger partial charge in [0.1, 0.15) is 12.1 Å². The Balaban J connectivity index is 0.000000181. The van der Waals surface area contributed by atoms with Crippen LogP contribution in [0.15, 0.2) is 60.9 Å². The molecule has 8 heteroatoms. The van der Waals surface area contributed by atoms with Crippen molar-refractivity contribution in [1.29, 1.82) is 0 Å². The number of aryl methyl sites for hydroxylation is 1. The van der Waals surface area contributed by atoms with E-state index in [2.05, 4.69) is 10.3 Å². The number of nitrogens with one attached hydrogen (secondary N) is 2. The number of carboxylic acid groups (broad SMARTS) is 2. The highest BCUT2D eigenvalue weighted by molar-refractivity contribution is 5.85. The molecule has 0 unspecified atom stereocenters. The van der Waals surface area contributed by atoms with Crippen LogP contribution in [0.1, 0.15) is 11.1 Å². The van der Waals surface area contributed by atoms with E-state index in [4.69, 9.17) is 15.9 Å². The Bertz CT molecular complexity index is 1230. The molecule has 0 aliphatic heterocycles. The number of likely N-dealkylation sites (N-methyl/N-ethyl adjacent to an activating group) is 1. The molecule has 0 aliphatic rings. The number of nitrogens with two attached hydrogens (primary N) is 1. The fraction of sp³-hybridized carbons (Fsp3) is 0.250. The highest BCUT2D eigenvalue weighted by Gasteiger charge is 2.17. The van der Waals surface area contributed by atoms with Crippen LogP contribution in [0.3, 0.4) is 0 Å². The summed E-state index contributed by atoms with van der Waals surface area (Å²) in [6.45, 7) is 0. The Kier molecular flexibility index (Phi) is 7.29. The van der Waals surface area contributed by atoms with E-state index in [1.54, 1.807) is 7.05 Å². The van der Waals surface area contributed by atoms with Crippen molar-refractivity contribution < 1.29 is 19.8 Å². The van der Waals surface area contributed by atoms with Gasteiger partial charge in [-0.05, 0) is 30.3 Å². The van der Waals surface area contributed by atoms with E-state index in [0.717, 1.165) is 32.9 Å². The molecular weight excluding hydrogens is 408 g/mol. The first kappa shape index (κ1) is 23.1. The summed E-state index contributed by atoms with van der Waals surface area (Å²) in [7, 11) is 3.60. The minimum atomic E-state index is -0.965. The van der Waals surface area contributed by atoms with E-state index in [-0.39, 0.29) is 0 Å². The highest BCUT2D eigenvalue weighted by Crippen LogP contribution is 2.21. The highest BCUT2D eigenvalue weighted by atomic mass is 16.4. The Morgan fingerprint density at radius 2 is 1.66 bits per heavy atom. The molecule has 6 N–H and O–H groups in total. The van der Waals surface area contributed by atoms with Gasteiger partial charge >= 0.3 is 11.9 Å². The largest absolute Gasteiger partial charge is 0.480 e. The van der Waals surface area contributed by atoms with Crippen molar-refractivity contribution in [1.82, 2.24) is 14.9 Å². The van der Waals surface area contributed by atoms with Crippen molar-refractivity contribution in [3.63, 3.8) is 0 Å². The van der Waals surface area contributed by atoms with Gasteiger partial charge < -0.3 is 30.8 Å². The zero-order valence-electron chi connectivity index (χ0n) is 18.1. The molecule has 2 aromatic carbocycles. The summed E-state index contributed by atoms with van der Waals surface area (Å²) < 4.78 is 1.99. The maximum absolute atomic E-state index is 10.9. The van der Waals surface area contributed by atoms with Crippen LogP contribution in [0.5, 0.6) is 0 Å². The molecule has 0 spiro atoms. The van der Waals surface area contributed by atoms with Crippen molar-refractivity contribution in [3.05, 3.63) is 72.1 Å². The molecule has 8 nitrogen and oxygen atoms in total. The number of hydrogen-bond donors (Lipinski definition) is 5. The maximum atomic E-state index is 10.9. The number of H-pyrrole nitrogens is 1. The molecule has 32 heavy (non-hydrogen) atoms. The lowest BCUT2D eigenvalue weighted by atomic mass is 10.1. The number of aromatic amines is 1. The van der Waals surface area contributed by atoms with Crippen molar-refractivity contribution in [2.75, 3.05) is 7.05 Å². The molecule has 0 radical (unpaired) electrons. The number of nitrogens with zero attached hydrogens (tertiary/aromatic N) is 1. The number of hydrogen-bond acceptors (Lipinski definition) is 4. The zero-order valence-corrected chi connectivity index (χ0v) is 18.1. The van der Waals surface area contributed by atoms with Gasteiger partial charge in [-0.3, -0.25) is 9.59 Å². The summed E-state index contributed by atoms with van der Waals surface area (Å²) in [5, 5.41) is 22.7. The summed E-state index contributed by atoms with van der Waals surface area (Å²) in [4.78, 5) is 24.8. The van der Waals surface area contributed by atoms with Gasteiger partial charge in [0.2, 0.25) is 0 Å². The molecule has 0 amide bonds. The number of benzene rings is 2. The van der Waals surface area contributed by atoms with Crippen LogP contribution in [0.25, 0.3) is 21.8 Å². The van der Waals surface area contributed by atoms with Crippen molar-refractivity contribution in [2.24, 2.45) is 12.8 Å². The third-order valence-electron chi connectivity index (χ3n) is 5.48. The number of carbonyl (C=O) groups is 2. The first-order valence-electron chi connectivity index (χ1n) is 10.3. The van der Waals surface area contributed by atoms with Crippen molar-refractivity contribution >= 4 is 33.7 Å². The second-order valence-electron chi connectivity index (χ2n) is 7.67. The average molecular weight is 437 g/mol. The predicted octanol–water partition coefficient (Wildman–Crippen LogP) is 2.52. The van der Waals surface area contributed by atoms with Gasteiger partial charge in [0, 0.05) is 54.1 Å². The van der Waals surface area contributed by atoms with E-state index in [1.165, 1.54) is 0 Å². The zero-order chi connectivity index (χ0) is 23.3. The summed E-state index contributed by atoms with van der Waals surface area (Å²) in [6.07, 6.45) is 4.65. The lowest BCUT2D eigenvalue weighted by molar-refractivity contribution is -0.139. The first-order chi connectivity index (χ1) is 15.3. The Hall–Kier alpha value is -3.62. The molecule has 0 saturated heterocycles. The first-order valence-corrected chi connectivity index (χ1v) is 10.3. The van der Waals surface area contributed by atoms with Gasteiger partial charge in [0.15, 0.2) is 0 Å². The Morgan fingerprint density at radius 3 is 2.31 bits per heavy atom. The molecule has 0 bridgehead atoms. The molecule has 0 aliphatic carbocycles. The fourth-order valence-corrected chi connectivity index (χ4v) is 3.75. The van der Waals surface area contributed by atoms with E-state index in [0.29, 0.717) is 12.8 Å². The van der Waals surface area contributed by atoms with E-state index < -0.39 is 24.0 Å². The van der Waals surface area contributed by atoms with Crippen LogP contribution in [0, 0.1) is 0 Å². The van der Waals surface area contributed by atoms with E-state index >= 15 is 0 Å². The number of aromatic nitrogens is 2. The van der Waals surface area contributed by atoms with Crippen LogP contribution in [0.2, 0.25) is 0 Å². The average Bonchev–Trinajstić information content (AvgIpc) is 3.33. The van der Waals surface area contributed by atoms with E-state index in [1.807, 2.05) is 72.5 Å². The summed E-state index contributed by atoms with van der Waals surface area (Å²) in [5.41, 5.74) is 9.68. The minimum Gasteiger partial charge on any atom is -0.480 e. The quantitative estimate of drug-likeness (QED) is 0.302. The van der Waals surface area contributed by atoms with Crippen LogP contribution < -0.4 is 11.1 Å². The van der Waals surface area contributed by atoms with Gasteiger partial charge in [-0.25, -0.2) is 0 Å². The summed E-state index contributed by atoms with van der Waals surface area (Å²) in [6, 6.07) is 14.4. The molecule has 2 aromatic heterocycles. The molecule has 0 saturated carbocycles. The van der Waals surface area contributed by atoms with Gasteiger partial charge in [0.25, 0.3) is 0 Å². The lowest BCUT2D eigenvalue weighted by Crippen LogP contribution is -2.35. The van der Waals surface area contributed by atoms with Crippen molar-refractivity contribution in [2.45, 2.75) is 24.9 Å². The second-order valence-corrected chi connectivity index (χ2v) is 7.67. The van der Waals surface area contributed by atoms with Gasteiger partial charge in [-0.15, -0.1) is 0 Å². The number of fused-ring (bicyclic) bond motifs is 2. The standard InChI is InChI=1S/2C12H14N2O2/c1-14-7-8(6-10(13)12(15)16)9-4-2-3-5-11(9)14;1-13-11(12(15)16)6-8-7-14-10-5-3-2-4-9(8)10/h2-5,7,10H,6,13H2,1H3,(H,15,16);2-5,7,11,13-14H,6H2,1H3,(H,15,16)/t10-;11-/m00/s1. The maximum Gasteiger partial charge on any atom is 0.321 e. The van der Waals surface area contributed by atoms with Gasteiger partial charge in [-0.1, -0.05) is 36.4 Å². The molecule has 4 aromatic rings. The SMILES string of the molecule is CN[C@@H](Cc1c[nH]c2ccccc12)C(=O)O.Cn1cc(C[C@H](N)C(=O)O)c2ccccc21. The molecule has 2 atom stereocenters. The Labute approximate surface area is 185 Å². The van der Waals surface area contributed by atoms with Crippen LogP contribution in [-0.2, 0) is 29.5 Å². The van der Waals surface area contributed by atoms with Gasteiger partial charge in [-0.2, -0.15) is 0 Å². The third kappa shape index (κ3) is 5.16. The Morgan fingerprint density at radius 1 is 1.00 bits per heavy atom. The summed E-state index contributed by atoms with van der Waals surface area (Å²) in [5.74, 6) is -1.79. The topological polar surface area (TPSA) is 133 Å². The fourth-order valence-electron chi connectivity index (χ4n) is 3.75. The molecule has 2 heterocycles. The van der Waals surface area contributed by atoms with Crippen LogP contribution in [-0.4, -0.2) is 50.8 Å². The number of rotatable bonds is 7. The molecular formula is C24H28N4O4. The van der Waals surface area contributed by atoms with Crippen molar-refractivity contribution in [3.8, 4) is 0 Å². The number of para-hydroxylation sites is 2. The summed E-state index contributed by atoms with van der Waals surface area (Å²) >= 11 is 0. The smallest absolute Gasteiger partial charge is 0.321 e. The number of aliphatic carboxylic acids is 2. The third-order valence-corrected chi connectivity index (χ3v) is 5.48. The second kappa shape index (κ2) is 10.1. The molecule has 0 fully saturated rings. The number of carboxylic acids is 2. The lowest BCUT2D eigenvalue weighted by Gasteiger charge is -2.09. The molecule has 168 valence electrons. The molecule has 4 rings (SSSR count). The van der Waals surface area contributed by atoms with Crippen LogP contribution in [0.4, 0.5) is 0 Å². The van der Waals surface area contributed by atoms with Crippen LogP contribution >= 0.6 is 0 Å². The predicted molar refractivity (Wildman–Crippen MR) is 125 cm³/mol. The minimum absolute atomic E-state index is 0.358. The monoisotopic (exact) mass is 436 g/mol. The normalized spacial score (nSPS) is 12.8.